The van der Waals surface area contributed by atoms with Crippen molar-refractivity contribution in [2.45, 2.75) is 18.7 Å². The molecule has 0 saturated heterocycles. The third-order valence-corrected chi connectivity index (χ3v) is 6.72. The Morgan fingerprint density at radius 3 is 2.03 bits per heavy atom. The summed E-state index contributed by atoms with van der Waals surface area (Å²) in [7, 11) is -1.48. The molecule has 0 spiro atoms. The van der Waals surface area contributed by atoms with Crippen LogP contribution in [0.4, 0.5) is 5.69 Å². The van der Waals surface area contributed by atoms with Crippen molar-refractivity contribution in [2.24, 2.45) is 0 Å². The van der Waals surface area contributed by atoms with Crippen LogP contribution in [0.15, 0.2) is 65.6 Å². The number of rotatable bonds is 6. The first-order chi connectivity index (χ1) is 14.7. The summed E-state index contributed by atoms with van der Waals surface area (Å²) in [6.07, 6.45) is 0. The number of anilines is 1. The van der Waals surface area contributed by atoms with Crippen LogP contribution >= 0.6 is 11.6 Å². The summed E-state index contributed by atoms with van der Waals surface area (Å²) >= 11 is 5.93. The molecule has 0 heterocycles. The molecule has 0 radical (unpaired) electrons. The van der Waals surface area contributed by atoms with Crippen molar-refractivity contribution in [3.8, 4) is 11.5 Å². The van der Waals surface area contributed by atoms with Gasteiger partial charge < -0.3 is 9.47 Å². The summed E-state index contributed by atoms with van der Waals surface area (Å²) in [6.45, 7) is 3.57. The fraction of sp³-hybridized carbons (Fsp3) is 0.174. The Kier molecular flexibility index (Phi) is 6.57. The van der Waals surface area contributed by atoms with Crippen LogP contribution in [0.5, 0.6) is 11.5 Å². The van der Waals surface area contributed by atoms with E-state index < -0.39 is 15.9 Å². The number of hydrogen-bond donors (Lipinski definition) is 0. The lowest BCUT2D eigenvalue weighted by molar-refractivity contribution is 0.0999. The summed E-state index contributed by atoms with van der Waals surface area (Å²) < 4.78 is 38.9. The van der Waals surface area contributed by atoms with E-state index in [1.54, 1.807) is 37.3 Å². The fourth-order valence-corrected chi connectivity index (χ4v) is 4.74. The molecule has 8 heteroatoms. The van der Waals surface area contributed by atoms with Crippen LogP contribution in [-0.2, 0) is 10.0 Å². The van der Waals surface area contributed by atoms with Crippen molar-refractivity contribution < 1.29 is 22.7 Å². The van der Waals surface area contributed by atoms with E-state index in [0.29, 0.717) is 10.6 Å². The zero-order valence-electron chi connectivity index (χ0n) is 17.5. The topological polar surface area (TPSA) is 72.9 Å². The van der Waals surface area contributed by atoms with Gasteiger partial charge in [0.05, 0.1) is 24.8 Å². The number of carbonyl (C=O) groups excluding carboxylic acids is 1. The number of amides is 1. The van der Waals surface area contributed by atoms with Gasteiger partial charge in [0.2, 0.25) is 0 Å². The van der Waals surface area contributed by atoms with E-state index in [9.17, 15) is 13.2 Å². The normalized spacial score (nSPS) is 11.1. The molecular formula is C23H22ClNO5S. The molecule has 0 atom stereocenters. The number of aryl methyl sites for hydroxylation is 2. The third kappa shape index (κ3) is 4.38. The van der Waals surface area contributed by atoms with Crippen LogP contribution < -0.4 is 13.8 Å². The Balaban J connectivity index is 2.31. The highest BCUT2D eigenvalue weighted by Gasteiger charge is 2.36. The van der Waals surface area contributed by atoms with E-state index >= 15 is 0 Å². The lowest BCUT2D eigenvalue weighted by Gasteiger charge is -2.26. The highest BCUT2D eigenvalue weighted by atomic mass is 35.5. The first-order valence-corrected chi connectivity index (χ1v) is 11.2. The van der Waals surface area contributed by atoms with Gasteiger partial charge in [-0.1, -0.05) is 29.8 Å². The monoisotopic (exact) mass is 459 g/mol. The Hall–Kier alpha value is -3.03. The van der Waals surface area contributed by atoms with Crippen LogP contribution in [0.3, 0.4) is 0 Å². The van der Waals surface area contributed by atoms with Gasteiger partial charge in [-0.3, -0.25) is 4.79 Å². The van der Waals surface area contributed by atoms with Crippen molar-refractivity contribution >= 4 is 33.2 Å². The predicted molar refractivity (Wildman–Crippen MR) is 121 cm³/mol. The molecule has 3 aromatic rings. The summed E-state index contributed by atoms with van der Waals surface area (Å²) in [4.78, 5) is 13.7. The molecule has 6 nitrogen and oxygen atoms in total. The Labute approximate surface area is 187 Å². The number of sulfonamides is 1. The maximum Gasteiger partial charge on any atom is 0.279 e. The molecule has 0 saturated carbocycles. The zero-order chi connectivity index (χ0) is 22.8. The molecule has 0 aliphatic rings. The third-order valence-electron chi connectivity index (χ3n) is 4.76. The van der Waals surface area contributed by atoms with Gasteiger partial charge >= 0.3 is 0 Å². The smallest absolute Gasteiger partial charge is 0.279 e. The van der Waals surface area contributed by atoms with Gasteiger partial charge in [-0.2, -0.15) is 4.31 Å². The second kappa shape index (κ2) is 8.99. The number of methoxy groups -OCH3 is 2. The summed E-state index contributed by atoms with van der Waals surface area (Å²) in [5.41, 5.74) is 1.67. The van der Waals surface area contributed by atoms with Gasteiger partial charge in [0.15, 0.2) is 0 Å². The van der Waals surface area contributed by atoms with E-state index in [1.807, 2.05) is 13.0 Å². The number of nitrogens with zero attached hydrogens (tertiary/aromatic N) is 1. The maximum atomic E-state index is 13.8. The predicted octanol–water partition coefficient (Wildman–Crippen LogP) is 5.01. The average Bonchev–Trinajstić information content (AvgIpc) is 2.75. The number of hydrogen-bond acceptors (Lipinski definition) is 5. The minimum absolute atomic E-state index is 0.00550. The van der Waals surface area contributed by atoms with Gasteiger partial charge in [0.1, 0.15) is 17.1 Å². The van der Waals surface area contributed by atoms with E-state index in [2.05, 4.69) is 0 Å². The molecule has 0 aliphatic heterocycles. The summed E-state index contributed by atoms with van der Waals surface area (Å²) in [6, 6.07) is 15.7. The SMILES string of the molecule is COc1cccc(OC)c1C(=O)N(c1cc(C)ccc1C)S(=O)(=O)c1ccc(Cl)cc1. The van der Waals surface area contributed by atoms with Crippen LogP contribution in [0, 0.1) is 13.8 Å². The number of carbonyl (C=O) groups is 1. The number of ether oxygens (including phenoxy) is 2. The van der Waals surface area contributed by atoms with Gasteiger partial charge in [-0.05, 0) is 67.4 Å². The quantitative estimate of drug-likeness (QED) is 0.518. The highest BCUT2D eigenvalue weighted by Crippen LogP contribution is 2.35. The molecule has 0 N–H and O–H groups in total. The Bertz CT molecular complexity index is 1200. The van der Waals surface area contributed by atoms with Gasteiger partial charge in [-0.15, -0.1) is 0 Å². The minimum Gasteiger partial charge on any atom is -0.496 e. The fourth-order valence-electron chi connectivity index (χ4n) is 3.16. The van der Waals surface area contributed by atoms with Crippen LogP contribution in [0.25, 0.3) is 0 Å². The Morgan fingerprint density at radius 1 is 0.903 bits per heavy atom. The van der Waals surface area contributed by atoms with Gasteiger partial charge in [-0.25, -0.2) is 8.42 Å². The number of benzene rings is 3. The summed E-state index contributed by atoms with van der Waals surface area (Å²) in [5.74, 6) is -0.394. The maximum absolute atomic E-state index is 13.8. The van der Waals surface area contributed by atoms with Crippen LogP contribution in [0.1, 0.15) is 21.5 Å². The molecule has 0 aromatic heterocycles. The second-order valence-electron chi connectivity index (χ2n) is 6.86. The van der Waals surface area contributed by atoms with Crippen molar-refractivity contribution in [1.29, 1.82) is 0 Å². The van der Waals surface area contributed by atoms with E-state index in [-0.39, 0.29) is 27.6 Å². The summed E-state index contributed by atoms with van der Waals surface area (Å²) in [5, 5.41) is 0.384. The van der Waals surface area contributed by atoms with Crippen molar-refractivity contribution in [1.82, 2.24) is 0 Å². The molecule has 0 unspecified atom stereocenters. The zero-order valence-corrected chi connectivity index (χ0v) is 19.1. The van der Waals surface area contributed by atoms with Crippen molar-refractivity contribution in [2.75, 3.05) is 18.5 Å². The van der Waals surface area contributed by atoms with Gasteiger partial charge in [0.25, 0.3) is 15.9 Å². The average molecular weight is 460 g/mol. The second-order valence-corrected chi connectivity index (χ2v) is 9.08. The molecule has 1 amide bonds. The standard InChI is InChI=1S/C23H22ClNO5S/c1-15-8-9-16(2)19(14-15)25(31(27,28)18-12-10-17(24)11-13-18)23(26)22-20(29-3)6-5-7-21(22)30-4/h5-14H,1-4H3. The molecule has 31 heavy (non-hydrogen) atoms. The van der Waals surface area contributed by atoms with E-state index in [4.69, 9.17) is 21.1 Å². The molecule has 0 aliphatic carbocycles. The van der Waals surface area contributed by atoms with E-state index in [1.165, 1.54) is 38.5 Å². The van der Waals surface area contributed by atoms with Crippen molar-refractivity contribution in [3.63, 3.8) is 0 Å². The molecule has 162 valence electrons. The first-order valence-electron chi connectivity index (χ1n) is 9.34. The first kappa shape index (κ1) is 22.7. The lowest BCUT2D eigenvalue weighted by Crippen LogP contribution is -2.38. The molecule has 3 aromatic carbocycles. The van der Waals surface area contributed by atoms with Gasteiger partial charge in [0, 0.05) is 5.02 Å². The lowest BCUT2D eigenvalue weighted by atomic mass is 10.1. The molecular weight excluding hydrogens is 438 g/mol. The number of halogens is 1. The molecule has 0 bridgehead atoms. The minimum atomic E-state index is -4.29. The van der Waals surface area contributed by atoms with Crippen LogP contribution in [0.2, 0.25) is 5.02 Å². The molecule has 3 rings (SSSR count). The van der Waals surface area contributed by atoms with Crippen LogP contribution in [-0.4, -0.2) is 28.5 Å². The Morgan fingerprint density at radius 2 is 1.48 bits per heavy atom. The molecule has 0 fully saturated rings. The van der Waals surface area contributed by atoms with E-state index in [0.717, 1.165) is 9.87 Å². The van der Waals surface area contributed by atoms with Crippen molar-refractivity contribution in [3.05, 3.63) is 82.4 Å². The largest absolute Gasteiger partial charge is 0.496 e. The highest BCUT2D eigenvalue weighted by molar-refractivity contribution is 7.93.